The number of benzene rings is 2. The van der Waals surface area contributed by atoms with E-state index in [2.05, 4.69) is 0 Å². The van der Waals surface area contributed by atoms with E-state index in [0.29, 0.717) is 13.0 Å². The minimum Gasteiger partial charge on any atom is -0.481 e. The Morgan fingerprint density at radius 1 is 1.10 bits per heavy atom. The monoisotopic (exact) mass is 395 g/mol. The number of amides is 1. The highest BCUT2D eigenvalue weighted by Crippen LogP contribution is 2.40. The summed E-state index contributed by atoms with van der Waals surface area (Å²) in [4.78, 5) is 26.0. The van der Waals surface area contributed by atoms with Crippen molar-refractivity contribution in [3.63, 3.8) is 0 Å². The van der Waals surface area contributed by atoms with E-state index in [1.807, 2.05) is 42.5 Å². The Kier molecular flexibility index (Phi) is 4.73. The van der Waals surface area contributed by atoms with Gasteiger partial charge in [-0.2, -0.15) is 0 Å². The Morgan fingerprint density at radius 2 is 1.83 bits per heavy atom. The standard InChI is InChI=1S/C23H25NO5/c1-23(2,3)29-22(27)24-12-11-14(18(13-24)21(25)26)16-8-6-9-17-15-7-4-5-10-19(15)28-20(16)17/h4-10,14,18H,11-13H2,1-3H3,(H,25,26)/t14-,18+/m1/s1. The summed E-state index contributed by atoms with van der Waals surface area (Å²) in [5, 5.41) is 11.9. The van der Waals surface area contributed by atoms with Gasteiger partial charge in [0, 0.05) is 29.8 Å². The Labute approximate surface area is 169 Å². The van der Waals surface area contributed by atoms with E-state index >= 15 is 0 Å². The molecule has 1 amide bonds. The first-order valence-electron chi connectivity index (χ1n) is 9.85. The van der Waals surface area contributed by atoms with Crippen molar-refractivity contribution in [2.24, 2.45) is 5.92 Å². The number of carboxylic acids is 1. The number of nitrogens with zero attached hydrogens (tertiary/aromatic N) is 1. The molecular weight excluding hydrogens is 370 g/mol. The number of ether oxygens (including phenoxy) is 1. The molecule has 152 valence electrons. The van der Waals surface area contributed by atoms with Gasteiger partial charge in [-0.1, -0.05) is 36.4 Å². The predicted octanol–water partition coefficient (Wildman–Crippen LogP) is 5.01. The summed E-state index contributed by atoms with van der Waals surface area (Å²) in [6.07, 6.45) is 0.0657. The molecule has 0 unspecified atom stereocenters. The zero-order valence-electron chi connectivity index (χ0n) is 16.8. The van der Waals surface area contributed by atoms with Crippen LogP contribution in [0.4, 0.5) is 4.79 Å². The van der Waals surface area contributed by atoms with Crippen LogP contribution in [0.3, 0.4) is 0 Å². The van der Waals surface area contributed by atoms with Crippen LogP contribution in [0.15, 0.2) is 46.9 Å². The lowest BCUT2D eigenvalue weighted by atomic mass is 9.80. The molecule has 4 rings (SSSR count). The van der Waals surface area contributed by atoms with Crippen molar-refractivity contribution in [1.29, 1.82) is 0 Å². The molecule has 2 aromatic carbocycles. The van der Waals surface area contributed by atoms with Crippen LogP contribution < -0.4 is 0 Å². The maximum atomic E-state index is 12.4. The number of hydrogen-bond acceptors (Lipinski definition) is 4. The number of rotatable bonds is 2. The third kappa shape index (κ3) is 3.67. The molecule has 1 fully saturated rings. The van der Waals surface area contributed by atoms with Gasteiger partial charge in [0.1, 0.15) is 16.8 Å². The second-order valence-electron chi connectivity index (χ2n) is 8.59. The molecule has 2 atom stereocenters. The van der Waals surface area contributed by atoms with Gasteiger partial charge >= 0.3 is 12.1 Å². The van der Waals surface area contributed by atoms with Gasteiger partial charge in [0.25, 0.3) is 0 Å². The number of carbonyl (C=O) groups excluding carboxylic acids is 1. The Balaban J connectivity index is 1.68. The summed E-state index contributed by atoms with van der Waals surface area (Å²) in [7, 11) is 0. The van der Waals surface area contributed by atoms with E-state index in [-0.39, 0.29) is 12.5 Å². The Bertz CT molecular complexity index is 1080. The van der Waals surface area contributed by atoms with Crippen LogP contribution in [-0.4, -0.2) is 40.8 Å². The molecule has 0 saturated carbocycles. The number of likely N-dealkylation sites (tertiary alicyclic amines) is 1. The Hall–Kier alpha value is -3.02. The minimum atomic E-state index is -0.920. The third-order valence-corrected chi connectivity index (χ3v) is 5.42. The third-order valence-electron chi connectivity index (χ3n) is 5.42. The predicted molar refractivity (Wildman–Crippen MR) is 110 cm³/mol. The molecule has 0 spiro atoms. The van der Waals surface area contributed by atoms with E-state index in [4.69, 9.17) is 9.15 Å². The van der Waals surface area contributed by atoms with Gasteiger partial charge in [-0.15, -0.1) is 0 Å². The molecule has 1 N–H and O–H groups in total. The lowest BCUT2D eigenvalue weighted by molar-refractivity contribution is -0.144. The fourth-order valence-electron chi connectivity index (χ4n) is 4.13. The number of hydrogen-bond donors (Lipinski definition) is 1. The number of fused-ring (bicyclic) bond motifs is 3. The number of piperidine rings is 1. The highest BCUT2D eigenvalue weighted by molar-refractivity contribution is 6.06. The highest BCUT2D eigenvalue weighted by atomic mass is 16.6. The van der Waals surface area contributed by atoms with Gasteiger partial charge in [-0.05, 0) is 38.8 Å². The fourth-order valence-corrected chi connectivity index (χ4v) is 4.13. The zero-order valence-corrected chi connectivity index (χ0v) is 16.8. The van der Waals surface area contributed by atoms with Crippen molar-refractivity contribution in [2.75, 3.05) is 13.1 Å². The quantitative estimate of drug-likeness (QED) is 0.660. The van der Waals surface area contributed by atoms with Crippen molar-refractivity contribution < 1.29 is 23.8 Å². The van der Waals surface area contributed by atoms with Crippen LogP contribution >= 0.6 is 0 Å². The highest BCUT2D eigenvalue weighted by Gasteiger charge is 2.39. The van der Waals surface area contributed by atoms with Crippen molar-refractivity contribution >= 4 is 34.0 Å². The van der Waals surface area contributed by atoms with Crippen LogP contribution in [0.2, 0.25) is 0 Å². The molecule has 1 aliphatic heterocycles. The molecule has 1 saturated heterocycles. The number of carboxylic acid groups (broad SMARTS) is 1. The number of carbonyl (C=O) groups is 2. The summed E-state index contributed by atoms with van der Waals surface area (Å²) >= 11 is 0. The molecule has 29 heavy (non-hydrogen) atoms. The summed E-state index contributed by atoms with van der Waals surface area (Å²) in [6, 6.07) is 13.7. The molecule has 0 bridgehead atoms. The first kappa shape index (κ1) is 19.3. The van der Waals surface area contributed by atoms with Gasteiger partial charge in [-0.25, -0.2) is 4.79 Å². The summed E-state index contributed by atoms with van der Waals surface area (Å²) < 4.78 is 11.5. The van der Waals surface area contributed by atoms with Crippen molar-refractivity contribution in [1.82, 2.24) is 4.90 Å². The maximum Gasteiger partial charge on any atom is 0.410 e. The van der Waals surface area contributed by atoms with E-state index in [0.717, 1.165) is 27.5 Å². The first-order valence-corrected chi connectivity index (χ1v) is 9.85. The second-order valence-corrected chi connectivity index (χ2v) is 8.59. The number of aliphatic carboxylic acids is 1. The topological polar surface area (TPSA) is 80.0 Å². The molecule has 1 aliphatic rings. The summed E-state index contributed by atoms with van der Waals surface area (Å²) in [6.45, 7) is 5.96. The largest absolute Gasteiger partial charge is 0.481 e. The van der Waals surface area contributed by atoms with Crippen LogP contribution in [-0.2, 0) is 9.53 Å². The zero-order chi connectivity index (χ0) is 20.8. The van der Waals surface area contributed by atoms with E-state index in [1.54, 1.807) is 20.8 Å². The van der Waals surface area contributed by atoms with Crippen LogP contribution in [0, 0.1) is 5.92 Å². The second kappa shape index (κ2) is 7.10. The van der Waals surface area contributed by atoms with Crippen molar-refractivity contribution in [3.8, 4) is 0 Å². The average molecular weight is 395 g/mol. The fraction of sp³-hybridized carbons (Fsp3) is 0.391. The van der Waals surface area contributed by atoms with Gasteiger partial charge in [-0.3, -0.25) is 4.79 Å². The number of para-hydroxylation sites is 2. The number of furan rings is 1. The van der Waals surface area contributed by atoms with Gasteiger partial charge in [0.05, 0.1) is 5.92 Å². The molecule has 1 aromatic heterocycles. The smallest absolute Gasteiger partial charge is 0.410 e. The normalized spacial score (nSPS) is 20.2. The van der Waals surface area contributed by atoms with Crippen LogP contribution in [0.1, 0.15) is 38.7 Å². The Morgan fingerprint density at radius 3 is 2.55 bits per heavy atom. The van der Waals surface area contributed by atoms with Crippen molar-refractivity contribution in [3.05, 3.63) is 48.0 Å². The summed E-state index contributed by atoms with van der Waals surface area (Å²) in [5.41, 5.74) is 1.78. The molecule has 3 aromatic rings. The van der Waals surface area contributed by atoms with E-state index < -0.39 is 23.6 Å². The minimum absolute atomic E-state index is 0.117. The maximum absolute atomic E-state index is 12.4. The molecule has 6 heteroatoms. The lowest BCUT2D eigenvalue weighted by Crippen LogP contribution is -2.47. The van der Waals surface area contributed by atoms with Crippen LogP contribution in [0.25, 0.3) is 21.9 Å². The first-order chi connectivity index (χ1) is 13.7. The van der Waals surface area contributed by atoms with E-state index in [9.17, 15) is 14.7 Å². The van der Waals surface area contributed by atoms with Crippen molar-refractivity contribution in [2.45, 2.75) is 38.7 Å². The van der Waals surface area contributed by atoms with Gasteiger partial charge < -0.3 is 19.2 Å². The van der Waals surface area contributed by atoms with Gasteiger partial charge in [0.15, 0.2) is 0 Å². The molecule has 0 aliphatic carbocycles. The van der Waals surface area contributed by atoms with E-state index in [1.165, 1.54) is 4.90 Å². The molecule has 6 nitrogen and oxygen atoms in total. The summed E-state index contributed by atoms with van der Waals surface area (Å²) in [5.74, 6) is -1.89. The molecular formula is C23H25NO5. The lowest BCUT2D eigenvalue weighted by Gasteiger charge is -2.37. The van der Waals surface area contributed by atoms with Gasteiger partial charge in [0.2, 0.25) is 0 Å². The SMILES string of the molecule is CC(C)(C)OC(=O)N1CC[C@H](c2cccc3c2oc2ccccc23)[C@@H](C(=O)O)C1. The molecule has 0 radical (unpaired) electrons. The average Bonchev–Trinajstić information content (AvgIpc) is 3.05. The molecule has 2 heterocycles. The van der Waals surface area contributed by atoms with Crippen LogP contribution in [0.5, 0.6) is 0 Å².